The van der Waals surface area contributed by atoms with Gasteiger partial charge in [0.2, 0.25) is 5.91 Å². The van der Waals surface area contributed by atoms with Crippen molar-refractivity contribution in [3.05, 3.63) is 60.2 Å². The number of carbonyl (C=O) groups is 1. The summed E-state index contributed by atoms with van der Waals surface area (Å²) in [7, 11) is 0. The minimum atomic E-state index is -0.132. The van der Waals surface area contributed by atoms with Gasteiger partial charge in [-0.2, -0.15) is 0 Å². The third kappa shape index (κ3) is 4.36. The van der Waals surface area contributed by atoms with Crippen LogP contribution in [-0.4, -0.2) is 11.2 Å². The highest BCUT2D eigenvalue weighted by Crippen LogP contribution is 2.27. The molecule has 2 nitrogen and oxygen atoms in total. The first-order valence-electron chi connectivity index (χ1n) is 7.19. The Kier molecular flexibility index (Phi) is 5.45. The van der Waals surface area contributed by atoms with E-state index in [-0.39, 0.29) is 11.2 Å². The van der Waals surface area contributed by atoms with Crippen LogP contribution in [0.1, 0.15) is 32.3 Å². The van der Waals surface area contributed by atoms with Crippen LogP contribution >= 0.6 is 11.8 Å². The lowest BCUT2D eigenvalue weighted by Crippen LogP contribution is -2.23. The van der Waals surface area contributed by atoms with E-state index in [0.717, 1.165) is 10.6 Å². The molecule has 1 unspecified atom stereocenters. The van der Waals surface area contributed by atoms with Crippen molar-refractivity contribution in [2.24, 2.45) is 0 Å². The van der Waals surface area contributed by atoms with E-state index in [1.54, 1.807) is 11.8 Å². The minimum absolute atomic E-state index is 0.0388. The number of hydrogen-bond acceptors (Lipinski definition) is 2. The lowest BCUT2D eigenvalue weighted by molar-refractivity contribution is -0.115. The van der Waals surface area contributed by atoms with Gasteiger partial charge in [0, 0.05) is 10.6 Å². The van der Waals surface area contributed by atoms with Gasteiger partial charge in [-0.3, -0.25) is 4.79 Å². The highest BCUT2D eigenvalue weighted by Gasteiger charge is 2.16. The Hall–Kier alpha value is -1.74. The molecular formula is C18H21NOS. The molecule has 0 fully saturated rings. The zero-order valence-electron chi connectivity index (χ0n) is 12.7. The first-order chi connectivity index (χ1) is 10.1. The maximum atomic E-state index is 12.4. The summed E-state index contributed by atoms with van der Waals surface area (Å²) in [6.45, 7) is 6.20. The second-order valence-electron chi connectivity index (χ2n) is 5.30. The number of thioether (sulfide) groups is 1. The fourth-order valence-electron chi connectivity index (χ4n) is 2.11. The monoisotopic (exact) mass is 299 g/mol. The van der Waals surface area contributed by atoms with Crippen LogP contribution in [-0.2, 0) is 4.79 Å². The molecule has 1 N–H and O–H groups in total. The summed E-state index contributed by atoms with van der Waals surface area (Å²) in [5.74, 6) is 0.426. The largest absolute Gasteiger partial charge is 0.325 e. The molecule has 0 aliphatic carbocycles. The Balaban J connectivity index is 2.04. The Bertz CT molecular complexity index is 595. The van der Waals surface area contributed by atoms with Crippen molar-refractivity contribution in [2.75, 3.05) is 5.32 Å². The lowest BCUT2D eigenvalue weighted by atomic mass is 10.0. The number of carbonyl (C=O) groups excluding carboxylic acids is 1. The first kappa shape index (κ1) is 15.6. The number of hydrogen-bond donors (Lipinski definition) is 1. The smallest absolute Gasteiger partial charge is 0.237 e. The van der Waals surface area contributed by atoms with Crippen LogP contribution in [0.25, 0.3) is 0 Å². The third-order valence-electron chi connectivity index (χ3n) is 3.27. The number of rotatable bonds is 5. The molecule has 2 rings (SSSR count). The zero-order chi connectivity index (χ0) is 15.2. The van der Waals surface area contributed by atoms with Crippen LogP contribution in [0.4, 0.5) is 5.69 Å². The lowest BCUT2D eigenvalue weighted by Gasteiger charge is -2.16. The van der Waals surface area contributed by atoms with Crippen molar-refractivity contribution in [3.63, 3.8) is 0 Å². The average Bonchev–Trinajstić information content (AvgIpc) is 2.48. The Morgan fingerprint density at radius 3 is 2.24 bits per heavy atom. The van der Waals surface area contributed by atoms with E-state index in [9.17, 15) is 4.79 Å². The molecule has 2 aromatic rings. The molecule has 0 radical (unpaired) electrons. The standard InChI is InChI=1S/C18H21NOS/c1-13(2)16-11-7-8-12-17(16)19-18(20)14(3)21-15-9-5-4-6-10-15/h4-14H,1-3H3,(H,19,20). The molecule has 21 heavy (non-hydrogen) atoms. The minimum Gasteiger partial charge on any atom is -0.325 e. The molecule has 0 spiro atoms. The molecule has 0 saturated heterocycles. The molecular weight excluding hydrogens is 278 g/mol. The van der Waals surface area contributed by atoms with E-state index in [2.05, 4.69) is 25.2 Å². The van der Waals surface area contributed by atoms with Gasteiger partial charge < -0.3 is 5.32 Å². The van der Waals surface area contributed by atoms with E-state index in [1.165, 1.54) is 5.56 Å². The predicted octanol–water partition coefficient (Wildman–Crippen LogP) is 4.93. The van der Waals surface area contributed by atoms with E-state index < -0.39 is 0 Å². The SMILES string of the molecule is CC(Sc1ccccc1)C(=O)Nc1ccccc1C(C)C. The van der Waals surface area contributed by atoms with Crippen LogP contribution in [0.3, 0.4) is 0 Å². The van der Waals surface area contributed by atoms with Gasteiger partial charge in [0.25, 0.3) is 0 Å². The summed E-state index contributed by atoms with van der Waals surface area (Å²) in [5, 5.41) is 2.92. The number of para-hydroxylation sites is 1. The van der Waals surface area contributed by atoms with Gasteiger partial charge >= 0.3 is 0 Å². The highest BCUT2D eigenvalue weighted by molar-refractivity contribution is 8.00. The number of nitrogens with one attached hydrogen (secondary N) is 1. The summed E-state index contributed by atoms with van der Waals surface area (Å²) >= 11 is 1.57. The Labute approximate surface area is 131 Å². The molecule has 0 aromatic heterocycles. The average molecular weight is 299 g/mol. The molecule has 0 aliphatic heterocycles. The highest BCUT2D eigenvalue weighted by atomic mass is 32.2. The molecule has 110 valence electrons. The molecule has 0 saturated carbocycles. The van der Waals surface area contributed by atoms with Crippen molar-refractivity contribution in [1.29, 1.82) is 0 Å². The van der Waals surface area contributed by atoms with Crippen LogP contribution in [0.5, 0.6) is 0 Å². The summed E-state index contributed by atoms with van der Waals surface area (Å²) in [4.78, 5) is 13.5. The normalized spacial score (nSPS) is 12.2. The van der Waals surface area contributed by atoms with Gasteiger partial charge in [0.1, 0.15) is 0 Å². The van der Waals surface area contributed by atoms with Crippen LogP contribution in [0.15, 0.2) is 59.5 Å². The summed E-state index contributed by atoms with van der Waals surface area (Å²) < 4.78 is 0. The molecule has 1 atom stereocenters. The Morgan fingerprint density at radius 2 is 1.57 bits per heavy atom. The van der Waals surface area contributed by atoms with E-state index in [4.69, 9.17) is 0 Å². The third-order valence-corrected chi connectivity index (χ3v) is 4.38. The molecule has 1 amide bonds. The van der Waals surface area contributed by atoms with Crippen molar-refractivity contribution < 1.29 is 4.79 Å². The molecule has 2 aromatic carbocycles. The van der Waals surface area contributed by atoms with Crippen LogP contribution in [0.2, 0.25) is 0 Å². The van der Waals surface area contributed by atoms with E-state index >= 15 is 0 Å². The second-order valence-corrected chi connectivity index (χ2v) is 6.72. The molecule has 0 aliphatic rings. The van der Waals surface area contributed by atoms with Gasteiger partial charge in [-0.05, 0) is 36.6 Å². The molecule has 0 bridgehead atoms. The van der Waals surface area contributed by atoms with Crippen LogP contribution < -0.4 is 5.32 Å². The Morgan fingerprint density at radius 1 is 0.952 bits per heavy atom. The summed E-state index contributed by atoms with van der Waals surface area (Å²) in [5.41, 5.74) is 2.08. The molecule has 0 heterocycles. The van der Waals surface area contributed by atoms with Crippen molar-refractivity contribution in [2.45, 2.75) is 36.8 Å². The van der Waals surface area contributed by atoms with Crippen LogP contribution in [0, 0.1) is 0 Å². The fourth-order valence-corrected chi connectivity index (χ4v) is 2.99. The maximum Gasteiger partial charge on any atom is 0.237 e. The number of amides is 1. The summed E-state index contributed by atoms with van der Waals surface area (Å²) in [6.07, 6.45) is 0. The zero-order valence-corrected chi connectivity index (χ0v) is 13.5. The van der Waals surface area contributed by atoms with E-state index in [0.29, 0.717) is 5.92 Å². The van der Waals surface area contributed by atoms with Gasteiger partial charge in [-0.25, -0.2) is 0 Å². The van der Waals surface area contributed by atoms with Gasteiger partial charge in [0.05, 0.1) is 5.25 Å². The second kappa shape index (κ2) is 7.32. The molecule has 3 heteroatoms. The fraction of sp³-hybridized carbons (Fsp3) is 0.278. The maximum absolute atomic E-state index is 12.4. The first-order valence-corrected chi connectivity index (χ1v) is 8.07. The predicted molar refractivity (Wildman–Crippen MR) is 90.9 cm³/mol. The van der Waals surface area contributed by atoms with Crippen molar-refractivity contribution in [3.8, 4) is 0 Å². The number of benzene rings is 2. The van der Waals surface area contributed by atoms with Crippen molar-refractivity contribution in [1.82, 2.24) is 0 Å². The topological polar surface area (TPSA) is 29.1 Å². The van der Waals surface area contributed by atoms with Gasteiger partial charge in [-0.15, -0.1) is 11.8 Å². The van der Waals surface area contributed by atoms with Crippen molar-refractivity contribution >= 4 is 23.4 Å². The summed E-state index contributed by atoms with van der Waals surface area (Å²) in [6, 6.07) is 18.0. The van der Waals surface area contributed by atoms with Gasteiger partial charge in [-0.1, -0.05) is 50.2 Å². The van der Waals surface area contributed by atoms with E-state index in [1.807, 2.05) is 55.5 Å². The quantitative estimate of drug-likeness (QED) is 0.793. The van der Waals surface area contributed by atoms with Gasteiger partial charge in [0.15, 0.2) is 0 Å². The number of anilines is 1.